The van der Waals surface area contributed by atoms with Crippen LogP contribution in [-0.4, -0.2) is 43.4 Å². The molecule has 0 N–H and O–H groups in total. The van der Waals surface area contributed by atoms with E-state index in [0.29, 0.717) is 39.6 Å². The van der Waals surface area contributed by atoms with E-state index in [-0.39, 0.29) is 0 Å². The summed E-state index contributed by atoms with van der Waals surface area (Å²) in [5.74, 6) is -1.15. The molecule has 2 heterocycles. The molecule has 5 atom stereocenters. The van der Waals surface area contributed by atoms with Crippen molar-refractivity contribution in [1.82, 2.24) is 0 Å². The van der Waals surface area contributed by atoms with Crippen LogP contribution in [0.5, 0.6) is 0 Å². The predicted octanol–water partition coefficient (Wildman–Crippen LogP) is 7.03. The molecule has 4 aromatic rings. The third kappa shape index (κ3) is 7.71. The van der Waals surface area contributed by atoms with Crippen molar-refractivity contribution in [3.63, 3.8) is 0 Å². The van der Waals surface area contributed by atoms with Crippen molar-refractivity contribution in [2.75, 3.05) is 13.2 Å². The van der Waals surface area contributed by atoms with Crippen molar-refractivity contribution in [1.29, 1.82) is 0 Å². The second-order valence-electron chi connectivity index (χ2n) is 11.4. The highest BCUT2D eigenvalue weighted by atomic mass is 16.7. The molecule has 4 aromatic carbocycles. The summed E-state index contributed by atoms with van der Waals surface area (Å²) < 4.78 is 39.8. The fourth-order valence-electron chi connectivity index (χ4n) is 5.75. The van der Waals surface area contributed by atoms with Gasteiger partial charge in [-0.1, -0.05) is 121 Å². The average Bonchev–Trinajstić information content (AvgIpc) is 3.44. The Bertz CT molecular complexity index is 1450. The Balaban J connectivity index is 1.32. The molecule has 0 unspecified atom stereocenters. The zero-order valence-electron chi connectivity index (χ0n) is 25.1. The molecular formula is C38H40O6. The lowest BCUT2D eigenvalue weighted by atomic mass is 9.91. The van der Waals surface area contributed by atoms with E-state index < -0.39 is 30.2 Å². The molecule has 0 amide bonds. The summed E-state index contributed by atoms with van der Waals surface area (Å²) in [7, 11) is 0. The standard InChI is InChI=1S/C38H40O6/c1-29-22-38(43-23-29)37(42-27-33-20-12-5-13-21-33)36(41-26-32-18-10-4-11-19-32)35(40-25-31-16-8-3-9-17-31)34(44-38)28-39-24-30-14-6-2-7-15-30/h2-22,34-37H,23-28H2,1H3/t34-,35-,36+,37-,38+/m1/s1. The van der Waals surface area contributed by atoms with Gasteiger partial charge in [0.1, 0.15) is 24.4 Å². The first-order chi connectivity index (χ1) is 21.7. The van der Waals surface area contributed by atoms with Gasteiger partial charge in [-0.15, -0.1) is 0 Å². The maximum Gasteiger partial charge on any atom is 0.218 e. The zero-order chi connectivity index (χ0) is 30.0. The quantitative estimate of drug-likeness (QED) is 0.155. The Morgan fingerprint density at radius 1 is 0.591 bits per heavy atom. The van der Waals surface area contributed by atoms with Gasteiger partial charge in [0.15, 0.2) is 0 Å². The summed E-state index contributed by atoms with van der Waals surface area (Å²) in [6.45, 7) is 4.40. The van der Waals surface area contributed by atoms with Gasteiger partial charge in [0, 0.05) is 0 Å². The maximum atomic E-state index is 6.87. The van der Waals surface area contributed by atoms with Gasteiger partial charge in [-0.2, -0.15) is 0 Å². The van der Waals surface area contributed by atoms with Gasteiger partial charge in [0.05, 0.1) is 39.6 Å². The molecule has 0 saturated carbocycles. The lowest BCUT2D eigenvalue weighted by Crippen LogP contribution is -2.66. The van der Waals surface area contributed by atoms with E-state index >= 15 is 0 Å². The van der Waals surface area contributed by atoms with Gasteiger partial charge in [-0.05, 0) is 40.8 Å². The number of hydrogen-bond donors (Lipinski definition) is 0. The number of ether oxygens (including phenoxy) is 6. The summed E-state index contributed by atoms with van der Waals surface area (Å²) in [5.41, 5.74) is 5.35. The van der Waals surface area contributed by atoms with E-state index in [1.807, 2.05) is 85.8 Å². The highest BCUT2D eigenvalue weighted by Crippen LogP contribution is 2.42. The fourth-order valence-corrected chi connectivity index (χ4v) is 5.75. The first-order valence-electron chi connectivity index (χ1n) is 15.3. The Labute approximate surface area is 260 Å². The summed E-state index contributed by atoms with van der Waals surface area (Å²) in [6.07, 6.45) is -0.0705. The molecule has 0 bridgehead atoms. The minimum absolute atomic E-state index is 0.295. The van der Waals surface area contributed by atoms with Gasteiger partial charge in [-0.3, -0.25) is 0 Å². The van der Waals surface area contributed by atoms with E-state index in [1.54, 1.807) is 0 Å². The molecule has 2 aliphatic rings. The predicted molar refractivity (Wildman–Crippen MR) is 168 cm³/mol. The van der Waals surface area contributed by atoms with E-state index in [1.165, 1.54) is 0 Å². The fraction of sp³-hybridized carbons (Fsp3) is 0.316. The number of hydrogen-bond acceptors (Lipinski definition) is 6. The van der Waals surface area contributed by atoms with Crippen molar-refractivity contribution in [2.24, 2.45) is 0 Å². The molecule has 0 aliphatic carbocycles. The highest BCUT2D eigenvalue weighted by molar-refractivity contribution is 5.21. The SMILES string of the molecule is CC1=C[C@]2(OC1)O[C@H](COCc1ccccc1)[C@@H](OCc1ccccc1)[C@H](OCc1ccccc1)[C@H]2OCc1ccccc1. The van der Waals surface area contributed by atoms with Crippen LogP contribution in [0.4, 0.5) is 0 Å². The van der Waals surface area contributed by atoms with E-state index in [4.69, 9.17) is 28.4 Å². The molecule has 6 nitrogen and oxygen atoms in total. The Morgan fingerprint density at radius 2 is 1.05 bits per heavy atom. The smallest absolute Gasteiger partial charge is 0.218 e. The topological polar surface area (TPSA) is 55.4 Å². The van der Waals surface area contributed by atoms with Crippen LogP contribution in [0, 0.1) is 0 Å². The number of rotatable bonds is 13. The van der Waals surface area contributed by atoms with Crippen LogP contribution < -0.4 is 0 Å². The minimum Gasteiger partial charge on any atom is -0.374 e. The Morgan fingerprint density at radius 3 is 1.52 bits per heavy atom. The van der Waals surface area contributed by atoms with Crippen molar-refractivity contribution in [3.8, 4) is 0 Å². The summed E-state index contributed by atoms with van der Waals surface area (Å²) in [4.78, 5) is 0. The molecule has 1 spiro atoms. The Hall–Kier alpha value is -3.62. The van der Waals surface area contributed by atoms with Crippen LogP contribution in [0.15, 0.2) is 133 Å². The van der Waals surface area contributed by atoms with Crippen LogP contribution in [0.25, 0.3) is 0 Å². The van der Waals surface area contributed by atoms with Crippen molar-refractivity contribution in [2.45, 2.75) is 63.6 Å². The number of benzene rings is 4. The summed E-state index contributed by atoms with van der Waals surface area (Å²) in [5, 5.41) is 0. The van der Waals surface area contributed by atoms with Crippen LogP contribution >= 0.6 is 0 Å². The first-order valence-corrected chi connectivity index (χ1v) is 15.3. The minimum atomic E-state index is -1.15. The summed E-state index contributed by atoms with van der Waals surface area (Å²) in [6, 6.07) is 40.6. The van der Waals surface area contributed by atoms with Crippen molar-refractivity contribution in [3.05, 3.63) is 155 Å². The van der Waals surface area contributed by atoms with Crippen LogP contribution in [0.1, 0.15) is 29.2 Å². The zero-order valence-corrected chi connectivity index (χ0v) is 25.1. The molecule has 6 rings (SSSR count). The second kappa shape index (κ2) is 14.9. The molecule has 44 heavy (non-hydrogen) atoms. The molecule has 6 heteroatoms. The molecule has 1 saturated heterocycles. The lowest BCUT2D eigenvalue weighted by molar-refractivity contribution is -0.357. The molecule has 0 radical (unpaired) electrons. The van der Waals surface area contributed by atoms with Crippen molar-refractivity contribution >= 4 is 0 Å². The van der Waals surface area contributed by atoms with Gasteiger partial charge in [0.2, 0.25) is 5.79 Å². The molecule has 0 aromatic heterocycles. The maximum absolute atomic E-state index is 6.87. The molecule has 228 valence electrons. The Kier molecular flexibility index (Phi) is 10.3. The molecule has 2 aliphatic heterocycles. The monoisotopic (exact) mass is 592 g/mol. The summed E-state index contributed by atoms with van der Waals surface area (Å²) >= 11 is 0. The third-order valence-corrected chi connectivity index (χ3v) is 7.93. The average molecular weight is 593 g/mol. The van der Waals surface area contributed by atoms with Gasteiger partial charge < -0.3 is 28.4 Å². The third-order valence-electron chi connectivity index (χ3n) is 7.93. The van der Waals surface area contributed by atoms with Crippen LogP contribution in [0.2, 0.25) is 0 Å². The lowest BCUT2D eigenvalue weighted by Gasteiger charge is -2.50. The van der Waals surface area contributed by atoms with E-state index in [0.717, 1.165) is 27.8 Å². The normalized spacial score (nSPS) is 24.8. The van der Waals surface area contributed by atoms with Gasteiger partial charge >= 0.3 is 0 Å². The van der Waals surface area contributed by atoms with Crippen LogP contribution in [0.3, 0.4) is 0 Å². The highest BCUT2D eigenvalue weighted by Gasteiger charge is 2.58. The largest absolute Gasteiger partial charge is 0.374 e. The molecular weight excluding hydrogens is 552 g/mol. The van der Waals surface area contributed by atoms with Gasteiger partial charge in [-0.25, -0.2) is 0 Å². The van der Waals surface area contributed by atoms with Crippen molar-refractivity contribution < 1.29 is 28.4 Å². The van der Waals surface area contributed by atoms with E-state index in [2.05, 4.69) is 48.5 Å². The van der Waals surface area contributed by atoms with Gasteiger partial charge in [0.25, 0.3) is 0 Å². The van der Waals surface area contributed by atoms with Crippen LogP contribution in [-0.2, 0) is 54.8 Å². The van der Waals surface area contributed by atoms with E-state index in [9.17, 15) is 0 Å². The second-order valence-corrected chi connectivity index (χ2v) is 11.4. The first kappa shape index (κ1) is 30.4. The molecule has 1 fully saturated rings.